The summed E-state index contributed by atoms with van der Waals surface area (Å²) >= 11 is 0. The Labute approximate surface area is 101 Å². The molecule has 2 unspecified atom stereocenters. The number of piperazine rings is 1. The van der Waals surface area contributed by atoms with Gasteiger partial charge >= 0.3 is 5.97 Å². The van der Waals surface area contributed by atoms with Crippen molar-refractivity contribution in [3.8, 4) is 0 Å². The van der Waals surface area contributed by atoms with Crippen molar-refractivity contribution in [3.05, 3.63) is 0 Å². The number of amides is 1. The van der Waals surface area contributed by atoms with E-state index in [-0.39, 0.29) is 18.0 Å². The molecule has 2 aliphatic heterocycles. The van der Waals surface area contributed by atoms with Crippen molar-refractivity contribution in [1.29, 1.82) is 0 Å². The summed E-state index contributed by atoms with van der Waals surface area (Å²) in [6, 6.07) is -0.132. The smallest absolute Gasteiger partial charge is 0.320 e. The lowest BCUT2D eigenvalue weighted by Gasteiger charge is -2.40. The second-order valence-corrected chi connectivity index (χ2v) is 4.92. The molecular formula is C12H20N2O3. The van der Waals surface area contributed by atoms with Gasteiger partial charge < -0.3 is 10.0 Å². The molecule has 17 heavy (non-hydrogen) atoms. The molecule has 0 spiro atoms. The maximum absolute atomic E-state index is 11.5. The first kappa shape index (κ1) is 12.4. The van der Waals surface area contributed by atoms with Gasteiger partial charge in [-0.05, 0) is 12.8 Å². The summed E-state index contributed by atoms with van der Waals surface area (Å²) in [5.41, 5.74) is 0. The van der Waals surface area contributed by atoms with Crippen LogP contribution in [0, 0.1) is 0 Å². The fourth-order valence-corrected chi connectivity index (χ4v) is 2.91. The number of hydrogen-bond acceptors (Lipinski definition) is 3. The monoisotopic (exact) mass is 240 g/mol. The normalized spacial score (nSPS) is 27.0. The van der Waals surface area contributed by atoms with Crippen LogP contribution in [0.25, 0.3) is 0 Å². The van der Waals surface area contributed by atoms with Gasteiger partial charge in [0, 0.05) is 32.1 Å². The number of hydrogen-bond donors (Lipinski definition) is 1. The third kappa shape index (κ3) is 2.44. The number of rotatable bonds is 4. The fourth-order valence-electron chi connectivity index (χ4n) is 2.91. The largest absolute Gasteiger partial charge is 0.480 e. The van der Waals surface area contributed by atoms with E-state index in [0.717, 1.165) is 19.4 Å². The van der Waals surface area contributed by atoms with E-state index in [0.29, 0.717) is 25.9 Å². The molecule has 1 amide bonds. The highest BCUT2D eigenvalue weighted by Crippen LogP contribution is 2.24. The Morgan fingerprint density at radius 1 is 1.53 bits per heavy atom. The summed E-state index contributed by atoms with van der Waals surface area (Å²) < 4.78 is 0. The molecule has 2 aliphatic rings. The van der Waals surface area contributed by atoms with Crippen molar-refractivity contribution in [2.45, 2.75) is 44.7 Å². The number of carboxylic acid groups (broad SMARTS) is 1. The Kier molecular flexibility index (Phi) is 3.66. The van der Waals surface area contributed by atoms with Crippen molar-refractivity contribution in [1.82, 2.24) is 9.80 Å². The van der Waals surface area contributed by atoms with E-state index in [1.54, 1.807) is 0 Å². The van der Waals surface area contributed by atoms with Crippen LogP contribution in [0.1, 0.15) is 32.6 Å². The molecule has 0 aromatic carbocycles. The SMILES string of the molecule is CCCC(C(=O)O)N1CCN2C(=O)CCC2C1. The van der Waals surface area contributed by atoms with Crippen molar-refractivity contribution in [2.24, 2.45) is 0 Å². The van der Waals surface area contributed by atoms with Gasteiger partial charge in [-0.3, -0.25) is 14.5 Å². The zero-order valence-electron chi connectivity index (χ0n) is 10.3. The predicted molar refractivity (Wildman–Crippen MR) is 62.6 cm³/mol. The number of aliphatic carboxylic acids is 1. The second kappa shape index (κ2) is 5.04. The topological polar surface area (TPSA) is 60.9 Å². The number of fused-ring (bicyclic) bond motifs is 1. The molecule has 0 saturated carbocycles. The quantitative estimate of drug-likeness (QED) is 0.779. The maximum Gasteiger partial charge on any atom is 0.320 e. The molecule has 5 nitrogen and oxygen atoms in total. The summed E-state index contributed by atoms with van der Waals surface area (Å²) in [6.45, 7) is 4.12. The lowest BCUT2D eigenvalue weighted by atomic mass is 10.1. The fraction of sp³-hybridized carbons (Fsp3) is 0.833. The first-order valence-corrected chi connectivity index (χ1v) is 6.39. The number of carbonyl (C=O) groups excluding carboxylic acids is 1. The summed E-state index contributed by atoms with van der Waals surface area (Å²) in [4.78, 5) is 26.7. The van der Waals surface area contributed by atoms with Crippen LogP contribution in [0.3, 0.4) is 0 Å². The molecular weight excluding hydrogens is 220 g/mol. The van der Waals surface area contributed by atoms with E-state index < -0.39 is 5.97 Å². The first-order valence-electron chi connectivity index (χ1n) is 6.39. The van der Waals surface area contributed by atoms with E-state index in [4.69, 9.17) is 0 Å². The minimum absolute atomic E-state index is 0.233. The van der Waals surface area contributed by atoms with E-state index in [9.17, 15) is 14.7 Å². The number of carbonyl (C=O) groups is 2. The van der Waals surface area contributed by atoms with Crippen LogP contribution in [0.15, 0.2) is 0 Å². The minimum Gasteiger partial charge on any atom is -0.480 e. The van der Waals surface area contributed by atoms with Crippen molar-refractivity contribution in [3.63, 3.8) is 0 Å². The van der Waals surface area contributed by atoms with Gasteiger partial charge in [0.25, 0.3) is 0 Å². The van der Waals surface area contributed by atoms with Gasteiger partial charge in [-0.25, -0.2) is 0 Å². The van der Waals surface area contributed by atoms with E-state index in [2.05, 4.69) is 0 Å². The zero-order valence-corrected chi connectivity index (χ0v) is 10.3. The molecule has 1 N–H and O–H groups in total. The molecule has 0 aromatic heterocycles. The minimum atomic E-state index is -0.732. The molecule has 0 bridgehead atoms. The highest BCUT2D eigenvalue weighted by molar-refractivity contribution is 5.79. The Bertz CT molecular complexity index is 319. The number of carboxylic acids is 1. The molecule has 2 saturated heterocycles. The van der Waals surface area contributed by atoms with Crippen LogP contribution >= 0.6 is 0 Å². The average molecular weight is 240 g/mol. The average Bonchev–Trinajstić information content (AvgIpc) is 2.67. The zero-order chi connectivity index (χ0) is 12.4. The summed E-state index contributed by atoms with van der Waals surface area (Å²) in [5.74, 6) is -0.498. The first-order chi connectivity index (χ1) is 8.13. The van der Waals surface area contributed by atoms with E-state index in [1.165, 1.54) is 0 Å². The van der Waals surface area contributed by atoms with Gasteiger partial charge in [0.1, 0.15) is 6.04 Å². The van der Waals surface area contributed by atoms with Crippen molar-refractivity contribution < 1.29 is 14.7 Å². The van der Waals surface area contributed by atoms with Gasteiger partial charge in [-0.2, -0.15) is 0 Å². The molecule has 0 radical (unpaired) electrons. The molecule has 5 heteroatoms. The molecule has 96 valence electrons. The van der Waals surface area contributed by atoms with Gasteiger partial charge in [-0.15, -0.1) is 0 Å². The van der Waals surface area contributed by atoms with E-state index in [1.807, 2.05) is 16.7 Å². The molecule has 0 aliphatic carbocycles. The Balaban J connectivity index is 1.99. The highest BCUT2D eigenvalue weighted by atomic mass is 16.4. The predicted octanol–water partition coefficient (Wildman–Crippen LogP) is 0.546. The summed E-state index contributed by atoms with van der Waals surface area (Å²) in [5, 5.41) is 9.23. The van der Waals surface area contributed by atoms with Gasteiger partial charge in [0.15, 0.2) is 0 Å². The lowest BCUT2D eigenvalue weighted by Crippen LogP contribution is -2.56. The Morgan fingerprint density at radius 2 is 2.29 bits per heavy atom. The van der Waals surface area contributed by atoms with E-state index >= 15 is 0 Å². The van der Waals surface area contributed by atoms with Crippen LogP contribution in [-0.4, -0.2) is 58.5 Å². The van der Waals surface area contributed by atoms with Crippen molar-refractivity contribution >= 4 is 11.9 Å². The van der Waals surface area contributed by atoms with Crippen LogP contribution in [0.2, 0.25) is 0 Å². The lowest BCUT2D eigenvalue weighted by molar-refractivity contribution is -0.145. The molecule has 0 aromatic rings. The van der Waals surface area contributed by atoms with Gasteiger partial charge in [0.2, 0.25) is 5.91 Å². The Hall–Kier alpha value is -1.10. The summed E-state index contributed by atoms with van der Waals surface area (Å²) in [6.07, 6.45) is 3.08. The van der Waals surface area contributed by atoms with Gasteiger partial charge in [0.05, 0.1) is 0 Å². The highest BCUT2D eigenvalue weighted by Gasteiger charge is 2.38. The Morgan fingerprint density at radius 3 is 2.94 bits per heavy atom. The molecule has 2 rings (SSSR count). The third-order valence-electron chi connectivity index (χ3n) is 3.81. The van der Waals surface area contributed by atoms with Crippen LogP contribution < -0.4 is 0 Å². The maximum atomic E-state index is 11.5. The van der Waals surface area contributed by atoms with Crippen LogP contribution in [-0.2, 0) is 9.59 Å². The summed E-state index contributed by atoms with van der Waals surface area (Å²) in [7, 11) is 0. The second-order valence-electron chi connectivity index (χ2n) is 4.92. The van der Waals surface area contributed by atoms with Crippen LogP contribution in [0.4, 0.5) is 0 Å². The molecule has 2 heterocycles. The van der Waals surface area contributed by atoms with Crippen molar-refractivity contribution in [2.75, 3.05) is 19.6 Å². The third-order valence-corrected chi connectivity index (χ3v) is 3.81. The van der Waals surface area contributed by atoms with Gasteiger partial charge in [-0.1, -0.05) is 13.3 Å². The number of nitrogens with zero attached hydrogens (tertiary/aromatic N) is 2. The van der Waals surface area contributed by atoms with Crippen LogP contribution in [0.5, 0.6) is 0 Å². The molecule has 2 fully saturated rings. The standard InChI is InChI=1S/C12H20N2O3/c1-2-3-10(12(16)17)13-6-7-14-9(8-13)4-5-11(14)15/h9-10H,2-8H2,1H3,(H,16,17). The molecule has 2 atom stereocenters.